The fraction of sp³-hybridized carbons (Fsp3) is 0.480. The molecule has 2 fully saturated rings. The lowest BCUT2D eigenvalue weighted by atomic mass is 10.00. The van der Waals surface area contributed by atoms with Crippen LogP contribution in [0.1, 0.15) is 37.3 Å². The third-order valence-corrected chi connectivity index (χ3v) is 6.98. The number of nitrogens with zero attached hydrogens (tertiary/aromatic N) is 4. The Morgan fingerprint density at radius 1 is 1.22 bits per heavy atom. The summed E-state index contributed by atoms with van der Waals surface area (Å²) in [5, 5.41) is 5.61. The maximum atomic E-state index is 13.4. The number of benzene rings is 1. The number of aromatic nitrogens is 3. The van der Waals surface area contributed by atoms with Gasteiger partial charge in [-0.2, -0.15) is 18.3 Å². The third-order valence-electron chi connectivity index (χ3n) is 6.58. The third kappa shape index (κ3) is 4.88. The first-order valence-corrected chi connectivity index (χ1v) is 12.3. The molecule has 1 aromatic carbocycles. The Morgan fingerprint density at radius 3 is 2.69 bits per heavy atom. The zero-order valence-electron chi connectivity index (χ0n) is 19.9. The van der Waals surface area contributed by atoms with Crippen molar-refractivity contribution in [2.24, 2.45) is 5.92 Å². The topological polar surface area (TPSA) is 69.5 Å². The number of carbonyl (C=O) groups excluding carboxylic acids is 1. The van der Waals surface area contributed by atoms with E-state index in [4.69, 9.17) is 21.1 Å². The molecule has 36 heavy (non-hydrogen) atoms. The minimum absolute atomic E-state index is 0.0257. The van der Waals surface area contributed by atoms with Gasteiger partial charge in [-0.25, -0.2) is 4.98 Å². The summed E-state index contributed by atoms with van der Waals surface area (Å²) in [6.45, 7) is 4.70. The van der Waals surface area contributed by atoms with E-state index in [1.807, 2.05) is 4.90 Å². The monoisotopic (exact) mass is 522 g/mol. The maximum Gasteiger partial charge on any atom is 0.416 e. The summed E-state index contributed by atoms with van der Waals surface area (Å²) in [6.07, 6.45) is -1.92. The normalized spacial score (nSPS) is 18.4. The first-order valence-electron chi connectivity index (χ1n) is 11.9. The number of fused-ring (bicyclic) bond motifs is 1. The van der Waals surface area contributed by atoms with Gasteiger partial charge in [-0.3, -0.25) is 9.48 Å². The van der Waals surface area contributed by atoms with E-state index < -0.39 is 11.7 Å². The van der Waals surface area contributed by atoms with Gasteiger partial charge in [0.25, 0.3) is 0 Å². The Morgan fingerprint density at radius 2 is 2.00 bits per heavy atom. The Bertz CT molecular complexity index is 1310. The summed E-state index contributed by atoms with van der Waals surface area (Å²) in [5.41, 5.74) is 0.763. The molecule has 3 aromatic rings. The smallest absolute Gasteiger partial charge is 0.416 e. The molecule has 1 saturated carbocycles. The van der Waals surface area contributed by atoms with Crippen LogP contribution < -0.4 is 4.74 Å². The van der Waals surface area contributed by atoms with Crippen LogP contribution in [0.15, 0.2) is 24.3 Å². The molecule has 1 unspecified atom stereocenters. The van der Waals surface area contributed by atoms with Gasteiger partial charge >= 0.3 is 6.18 Å². The van der Waals surface area contributed by atoms with E-state index in [2.05, 4.69) is 10.1 Å². The zero-order chi connectivity index (χ0) is 25.6. The first-order chi connectivity index (χ1) is 17.2. The van der Waals surface area contributed by atoms with Crippen molar-refractivity contribution in [2.45, 2.75) is 51.9 Å². The summed E-state index contributed by atoms with van der Waals surface area (Å²) < 4.78 is 52.7. The van der Waals surface area contributed by atoms with E-state index in [1.165, 1.54) is 0 Å². The molecule has 0 radical (unpaired) electrons. The number of halogens is 4. The van der Waals surface area contributed by atoms with Crippen LogP contribution in [0.5, 0.6) is 5.75 Å². The van der Waals surface area contributed by atoms with Crippen molar-refractivity contribution >= 4 is 28.5 Å². The van der Waals surface area contributed by atoms with Gasteiger partial charge in [0, 0.05) is 43.6 Å². The molecule has 3 heterocycles. The molecule has 11 heteroatoms. The van der Waals surface area contributed by atoms with E-state index in [9.17, 15) is 18.0 Å². The van der Waals surface area contributed by atoms with Gasteiger partial charge in [-0.15, -0.1) is 0 Å². The molecule has 1 saturated heterocycles. The second-order valence-electron chi connectivity index (χ2n) is 9.31. The van der Waals surface area contributed by atoms with Crippen molar-refractivity contribution in [3.05, 3.63) is 40.5 Å². The highest BCUT2D eigenvalue weighted by atomic mass is 35.5. The number of ether oxygens (including phenoxy) is 2. The van der Waals surface area contributed by atoms with Crippen LogP contribution in [0.3, 0.4) is 0 Å². The predicted molar refractivity (Wildman–Crippen MR) is 128 cm³/mol. The van der Waals surface area contributed by atoms with Gasteiger partial charge < -0.3 is 14.4 Å². The summed E-state index contributed by atoms with van der Waals surface area (Å²) in [6, 6.07) is 5.86. The maximum absolute atomic E-state index is 13.4. The Balaban J connectivity index is 1.46. The van der Waals surface area contributed by atoms with Gasteiger partial charge in [-0.05, 0) is 56.5 Å². The molecule has 5 rings (SSSR count). The van der Waals surface area contributed by atoms with E-state index in [-0.39, 0.29) is 24.4 Å². The van der Waals surface area contributed by atoms with Gasteiger partial charge in [0.2, 0.25) is 5.91 Å². The quantitative estimate of drug-likeness (QED) is 0.290. The summed E-state index contributed by atoms with van der Waals surface area (Å²) in [7, 11) is 0. The average Bonchev–Trinajstić information content (AvgIpc) is 3.53. The molecule has 0 N–H and O–H groups in total. The molecular weight excluding hydrogens is 497 g/mol. The molecule has 7 nitrogen and oxygen atoms in total. The lowest BCUT2D eigenvalue weighted by Crippen LogP contribution is -2.27. The summed E-state index contributed by atoms with van der Waals surface area (Å²) in [4.78, 5) is 18.9. The molecule has 2 aliphatic rings. The highest BCUT2D eigenvalue weighted by Crippen LogP contribution is 2.40. The van der Waals surface area contributed by atoms with Crippen LogP contribution in [-0.4, -0.2) is 51.6 Å². The molecule has 192 valence electrons. The largest absolute Gasteiger partial charge is 0.467 e. The van der Waals surface area contributed by atoms with Crippen molar-refractivity contribution in [1.82, 2.24) is 19.7 Å². The fourth-order valence-electron chi connectivity index (χ4n) is 4.71. The van der Waals surface area contributed by atoms with Crippen LogP contribution in [-0.2, 0) is 22.3 Å². The van der Waals surface area contributed by atoms with Crippen LogP contribution in [0, 0.1) is 12.8 Å². The second kappa shape index (κ2) is 9.55. The molecule has 1 atom stereocenters. The Kier molecular flexibility index (Phi) is 6.59. The first kappa shape index (κ1) is 24.8. The van der Waals surface area contributed by atoms with Crippen molar-refractivity contribution in [3.63, 3.8) is 0 Å². The van der Waals surface area contributed by atoms with Gasteiger partial charge in [0.15, 0.2) is 12.4 Å². The van der Waals surface area contributed by atoms with Gasteiger partial charge in [0.05, 0.1) is 16.6 Å². The number of amides is 1. The standard InChI is InChI=1S/C25H26ClF3N4O3/c1-3-35-13-36-20-10-16(25(27,28)29)8-14(2)22(20)19-7-6-18-23(26)33(31-24(18)30-19)12-15-9-21(34)32(11-15)17-4-5-17/h6-8,10,15,17H,3-5,9,11-13H2,1-2H3. The number of hydrogen-bond acceptors (Lipinski definition) is 5. The number of alkyl halides is 3. The molecule has 2 aromatic heterocycles. The lowest BCUT2D eigenvalue weighted by molar-refractivity contribution is -0.137. The molecule has 0 bridgehead atoms. The second-order valence-corrected chi connectivity index (χ2v) is 9.67. The van der Waals surface area contributed by atoms with Crippen molar-refractivity contribution < 1.29 is 27.4 Å². The van der Waals surface area contributed by atoms with Gasteiger partial charge in [-0.1, -0.05) is 11.6 Å². The SMILES string of the molecule is CCOCOc1cc(C(F)(F)F)cc(C)c1-c1ccc2c(Cl)n(CC3CC(=O)N(C4CC4)C3)nc2n1. The van der Waals surface area contributed by atoms with Crippen molar-refractivity contribution in [2.75, 3.05) is 19.9 Å². The minimum atomic E-state index is -4.52. The van der Waals surface area contributed by atoms with E-state index >= 15 is 0 Å². The molecule has 1 amide bonds. The Labute approximate surface area is 211 Å². The number of carbonyl (C=O) groups is 1. The number of rotatable bonds is 8. The number of aryl methyl sites for hydroxylation is 1. The molecule has 1 aliphatic heterocycles. The van der Waals surface area contributed by atoms with Crippen molar-refractivity contribution in [1.29, 1.82) is 0 Å². The summed E-state index contributed by atoms with van der Waals surface area (Å²) in [5.74, 6) is 0.311. The highest BCUT2D eigenvalue weighted by Gasteiger charge is 2.39. The van der Waals surface area contributed by atoms with Crippen LogP contribution >= 0.6 is 11.6 Å². The number of pyridine rings is 1. The van der Waals surface area contributed by atoms with E-state index in [0.717, 1.165) is 25.0 Å². The molecule has 1 aliphatic carbocycles. The molecular formula is C25H26ClF3N4O3. The zero-order valence-corrected chi connectivity index (χ0v) is 20.7. The minimum Gasteiger partial charge on any atom is -0.467 e. The van der Waals surface area contributed by atoms with Crippen LogP contribution in [0.4, 0.5) is 13.2 Å². The van der Waals surface area contributed by atoms with Crippen LogP contribution in [0.2, 0.25) is 5.15 Å². The van der Waals surface area contributed by atoms with Crippen molar-refractivity contribution in [3.8, 4) is 17.0 Å². The predicted octanol–water partition coefficient (Wildman–Crippen LogP) is 5.46. The van der Waals surface area contributed by atoms with Gasteiger partial charge in [0.1, 0.15) is 10.9 Å². The molecule has 0 spiro atoms. The summed E-state index contributed by atoms with van der Waals surface area (Å²) >= 11 is 6.60. The van der Waals surface area contributed by atoms with E-state index in [1.54, 1.807) is 30.7 Å². The fourth-order valence-corrected chi connectivity index (χ4v) is 4.96. The highest BCUT2D eigenvalue weighted by molar-refractivity contribution is 6.34. The Hall–Kier alpha value is -2.85. The number of likely N-dealkylation sites (tertiary alicyclic amines) is 1. The number of hydrogen-bond donors (Lipinski definition) is 0. The lowest BCUT2D eigenvalue weighted by Gasteiger charge is -2.17. The average molecular weight is 523 g/mol. The van der Waals surface area contributed by atoms with Crippen LogP contribution in [0.25, 0.3) is 22.3 Å². The van der Waals surface area contributed by atoms with E-state index in [0.29, 0.717) is 65.2 Å².